The van der Waals surface area contributed by atoms with E-state index >= 15 is 0 Å². The van der Waals surface area contributed by atoms with E-state index in [2.05, 4.69) is 20.9 Å². The Balaban J connectivity index is 2.22. The quantitative estimate of drug-likeness (QED) is 0.811. The van der Waals surface area contributed by atoms with Crippen LogP contribution in [0.4, 0.5) is 8.78 Å². The van der Waals surface area contributed by atoms with E-state index in [9.17, 15) is 13.6 Å². The van der Waals surface area contributed by atoms with Gasteiger partial charge in [-0.3, -0.25) is 9.78 Å². The number of pyridine rings is 1. The third-order valence-corrected chi connectivity index (χ3v) is 2.85. The number of nitrogens with zero attached hydrogens (tertiary/aromatic N) is 1. The van der Waals surface area contributed by atoms with Gasteiger partial charge in [0.1, 0.15) is 0 Å². The smallest absolute Gasteiger partial charge is 0.171 e. The van der Waals surface area contributed by atoms with Gasteiger partial charge in [-0.1, -0.05) is 6.07 Å². The third-order valence-electron chi connectivity index (χ3n) is 2.38. The normalized spacial score (nSPS) is 10.4. The molecule has 0 atom stereocenters. The maximum Gasteiger partial charge on any atom is 0.171 e. The van der Waals surface area contributed by atoms with Crippen molar-refractivity contribution in [3.8, 4) is 0 Å². The summed E-state index contributed by atoms with van der Waals surface area (Å²) in [4.78, 5) is 15.8. The molecule has 2 rings (SSSR count). The SMILES string of the molecule is O=C(Cc1ccc(Br)cn1)c1cccc(F)c1F. The molecular formula is C13H8BrF2NO. The molecule has 0 aliphatic carbocycles. The molecule has 0 amide bonds. The first-order valence-corrected chi connectivity index (χ1v) is 5.95. The molecule has 0 fully saturated rings. The van der Waals surface area contributed by atoms with E-state index < -0.39 is 17.4 Å². The summed E-state index contributed by atoms with van der Waals surface area (Å²) in [5.74, 6) is -2.63. The minimum atomic E-state index is -1.11. The Labute approximate surface area is 111 Å². The van der Waals surface area contributed by atoms with Crippen LogP contribution in [0.5, 0.6) is 0 Å². The second-order valence-corrected chi connectivity index (χ2v) is 4.58. The number of benzene rings is 1. The molecule has 1 aromatic carbocycles. The maximum atomic E-state index is 13.4. The van der Waals surface area contributed by atoms with E-state index in [-0.39, 0.29) is 12.0 Å². The van der Waals surface area contributed by atoms with Crippen molar-refractivity contribution in [3.63, 3.8) is 0 Å². The summed E-state index contributed by atoms with van der Waals surface area (Å²) in [6.45, 7) is 0. The Morgan fingerprint density at radius 1 is 1.22 bits per heavy atom. The number of hydrogen-bond acceptors (Lipinski definition) is 2. The number of Topliss-reactive ketones (excluding diaryl/α,β-unsaturated/α-hetero) is 1. The number of rotatable bonds is 3. The Morgan fingerprint density at radius 2 is 2.00 bits per heavy atom. The highest BCUT2D eigenvalue weighted by Crippen LogP contribution is 2.14. The van der Waals surface area contributed by atoms with Crippen molar-refractivity contribution in [3.05, 3.63) is 63.9 Å². The van der Waals surface area contributed by atoms with Gasteiger partial charge in [0.25, 0.3) is 0 Å². The number of aromatic nitrogens is 1. The largest absolute Gasteiger partial charge is 0.294 e. The van der Waals surface area contributed by atoms with Gasteiger partial charge in [-0.15, -0.1) is 0 Å². The number of halogens is 3. The van der Waals surface area contributed by atoms with Crippen LogP contribution in [-0.2, 0) is 6.42 Å². The van der Waals surface area contributed by atoms with E-state index in [1.807, 2.05) is 0 Å². The molecular weight excluding hydrogens is 304 g/mol. The van der Waals surface area contributed by atoms with Gasteiger partial charge in [0.2, 0.25) is 0 Å². The summed E-state index contributed by atoms with van der Waals surface area (Å²) in [6, 6.07) is 6.93. The minimum Gasteiger partial charge on any atom is -0.294 e. The molecule has 92 valence electrons. The lowest BCUT2D eigenvalue weighted by molar-refractivity contribution is 0.0987. The molecule has 0 radical (unpaired) electrons. The summed E-state index contributed by atoms with van der Waals surface area (Å²) < 4.78 is 27.2. The molecule has 2 nitrogen and oxygen atoms in total. The van der Waals surface area contributed by atoms with Crippen molar-refractivity contribution in [1.82, 2.24) is 4.98 Å². The molecule has 0 unspecified atom stereocenters. The molecule has 0 N–H and O–H groups in total. The van der Waals surface area contributed by atoms with Crippen LogP contribution in [0.15, 0.2) is 41.0 Å². The van der Waals surface area contributed by atoms with Crippen LogP contribution < -0.4 is 0 Å². The number of hydrogen-bond donors (Lipinski definition) is 0. The highest BCUT2D eigenvalue weighted by molar-refractivity contribution is 9.10. The van der Waals surface area contributed by atoms with Gasteiger partial charge < -0.3 is 0 Å². The van der Waals surface area contributed by atoms with Crippen LogP contribution in [0.25, 0.3) is 0 Å². The fourth-order valence-electron chi connectivity index (χ4n) is 1.49. The summed E-state index contributed by atoms with van der Waals surface area (Å²) >= 11 is 3.22. The molecule has 0 spiro atoms. The highest BCUT2D eigenvalue weighted by Gasteiger charge is 2.15. The predicted octanol–water partition coefficient (Wildman–Crippen LogP) is 3.55. The first-order valence-electron chi connectivity index (χ1n) is 5.15. The van der Waals surface area contributed by atoms with Crippen LogP contribution in [0.1, 0.15) is 16.1 Å². The molecule has 2 aromatic rings. The van der Waals surface area contributed by atoms with Gasteiger partial charge in [0.15, 0.2) is 17.4 Å². The van der Waals surface area contributed by atoms with Crippen molar-refractivity contribution in [1.29, 1.82) is 0 Å². The average molecular weight is 312 g/mol. The zero-order valence-corrected chi connectivity index (χ0v) is 10.7. The van der Waals surface area contributed by atoms with Crippen LogP contribution >= 0.6 is 15.9 Å². The van der Waals surface area contributed by atoms with Crippen LogP contribution in [-0.4, -0.2) is 10.8 Å². The van der Waals surface area contributed by atoms with Crippen molar-refractivity contribution < 1.29 is 13.6 Å². The van der Waals surface area contributed by atoms with Crippen LogP contribution in [0.2, 0.25) is 0 Å². The van der Waals surface area contributed by atoms with E-state index in [1.54, 1.807) is 18.3 Å². The lowest BCUT2D eigenvalue weighted by Gasteiger charge is -2.03. The molecule has 5 heteroatoms. The zero-order valence-electron chi connectivity index (χ0n) is 9.16. The number of carbonyl (C=O) groups is 1. The Kier molecular flexibility index (Phi) is 3.81. The van der Waals surface area contributed by atoms with Gasteiger partial charge in [-0.05, 0) is 40.2 Å². The predicted molar refractivity (Wildman–Crippen MR) is 66.3 cm³/mol. The highest BCUT2D eigenvalue weighted by atomic mass is 79.9. The van der Waals surface area contributed by atoms with E-state index in [4.69, 9.17) is 0 Å². The Hall–Kier alpha value is -1.62. The fourth-order valence-corrected chi connectivity index (χ4v) is 1.72. The molecule has 0 saturated carbocycles. The standard InChI is InChI=1S/C13H8BrF2NO/c14-8-4-5-9(17-7-8)6-12(18)10-2-1-3-11(15)13(10)16/h1-5,7H,6H2. The third kappa shape index (κ3) is 2.79. The monoisotopic (exact) mass is 311 g/mol. The van der Waals surface area contributed by atoms with Crippen molar-refractivity contribution in [2.75, 3.05) is 0 Å². The Morgan fingerprint density at radius 3 is 2.67 bits per heavy atom. The number of ketones is 1. The van der Waals surface area contributed by atoms with Gasteiger partial charge in [-0.2, -0.15) is 0 Å². The number of carbonyl (C=O) groups excluding carboxylic acids is 1. The van der Waals surface area contributed by atoms with Gasteiger partial charge in [0.05, 0.1) is 12.0 Å². The molecule has 0 aliphatic heterocycles. The summed E-state index contributed by atoms with van der Waals surface area (Å²) in [6.07, 6.45) is 1.48. The summed E-state index contributed by atoms with van der Waals surface area (Å²) in [5.41, 5.74) is 0.256. The topological polar surface area (TPSA) is 30.0 Å². The molecule has 0 saturated heterocycles. The second kappa shape index (κ2) is 5.35. The molecule has 0 aliphatic rings. The average Bonchev–Trinajstić information content (AvgIpc) is 2.35. The van der Waals surface area contributed by atoms with Crippen molar-refractivity contribution >= 4 is 21.7 Å². The first-order chi connectivity index (χ1) is 8.58. The van der Waals surface area contributed by atoms with Gasteiger partial charge in [0, 0.05) is 16.4 Å². The molecule has 0 bridgehead atoms. The van der Waals surface area contributed by atoms with Gasteiger partial charge >= 0.3 is 0 Å². The summed E-state index contributed by atoms with van der Waals surface area (Å²) in [5, 5.41) is 0. The van der Waals surface area contributed by atoms with Crippen molar-refractivity contribution in [2.45, 2.75) is 6.42 Å². The van der Waals surface area contributed by atoms with Gasteiger partial charge in [-0.25, -0.2) is 8.78 Å². The van der Waals surface area contributed by atoms with E-state index in [1.165, 1.54) is 12.1 Å². The van der Waals surface area contributed by atoms with Crippen LogP contribution in [0.3, 0.4) is 0 Å². The van der Waals surface area contributed by atoms with Crippen LogP contribution in [0, 0.1) is 11.6 Å². The lowest BCUT2D eigenvalue weighted by Crippen LogP contribution is -2.08. The fraction of sp³-hybridized carbons (Fsp3) is 0.0769. The van der Waals surface area contributed by atoms with Crippen molar-refractivity contribution in [2.24, 2.45) is 0 Å². The zero-order chi connectivity index (χ0) is 13.1. The maximum absolute atomic E-state index is 13.4. The summed E-state index contributed by atoms with van der Waals surface area (Å²) in [7, 11) is 0. The van der Waals surface area contributed by atoms with E-state index in [0.717, 1.165) is 10.5 Å². The lowest BCUT2D eigenvalue weighted by atomic mass is 10.1. The second-order valence-electron chi connectivity index (χ2n) is 3.67. The molecule has 1 aromatic heterocycles. The first kappa shape index (κ1) is 12.8. The molecule has 18 heavy (non-hydrogen) atoms. The minimum absolute atomic E-state index is 0.0619. The Bertz CT molecular complexity index is 584. The molecule has 1 heterocycles. The van der Waals surface area contributed by atoms with E-state index in [0.29, 0.717) is 5.69 Å².